The summed E-state index contributed by atoms with van der Waals surface area (Å²) in [7, 11) is 7.59. The summed E-state index contributed by atoms with van der Waals surface area (Å²) in [6.45, 7) is 5.73. The molecule has 24 rings (SSSR count). The maximum Gasteiger partial charge on any atom is 0.167 e. The van der Waals surface area contributed by atoms with Crippen molar-refractivity contribution < 1.29 is 0 Å². The number of piperidine rings is 2. The largest absolute Gasteiger partial charge is 0.383 e. The van der Waals surface area contributed by atoms with Crippen molar-refractivity contribution >= 4 is 177 Å². The number of halogens is 6. The smallest absolute Gasteiger partial charge is 0.167 e. The molecule has 16 N–H and O–H groups in total. The first-order valence-electron chi connectivity index (χ1n) is 46.6. The molecule has 5 aliphatic carbocycles. The van der Waals surface area contributed by atoms with Crippen molar-refractivity contribution in [3.8, 4) is 44.5 Å². The van der Waals surface area contributed by atoms with Gasteiger partial charge in [-0.05, 0) is 187 Å². The number of nitrogens with zero attached hydrogens (tertiary/aromatic N) is 27. The number of anilines is 7. The quantitative estimate of drug-likeness (QED) is 0.0548. The van der Waals surface area contributed by atoms with E-state index in [0.717, 1.165) is 242 Å². The zero-order chi connectivity index (χ0) is 94.3. The van der Waals surface area contributed by atoms with Crippen molar-refractivity contribution in [1.82, 2.24) is 137 Å². The Kier molecular flexibility index (Phi) is 28.1. The lowest BCUT2D eigenvalue weighted by Crippen LogP contribution is -2.29. The molecule has 42 heteroatoms. The molecule has 36 nitrogen and oxygen atoms in total. The van der Waals surface area contributed by atoms with E-state index in [1.54, 1.807) is 58.2 Å². The van der Waals surface area contributed by atoms with E-state index in [4.69, 9.17) is 81.6 Å². The highest BCUT2D eigenvalue weighted by Crippen LogP contribution is 2.46. The molecule has 3 saturated carbocycles. The Bertz CT molecular complexity index is 6520. The first kappa shape index (κ1) is 93.7. The SMILES string of the molecule is Cn1cc(-c2cnn3c(N)c(Br)c(C4CCCCC4)nc23)cn1.Cn1cc(-c2cnn3c(N)c(Br)c(C4CCCCC4)nc23)cn1.Cn1cc(-c2cnn3c(N)c(Br)c(C4CCCNC4)nc23)cn1.Cn1cc(-c2cnn3c(N)c(Cl)c(C4CCCCC4)nc23)cn1.Nc1c(Br)c(C2CCCNC2)nc2c(C3=CCC=C3)cnn12.Nc1c(Br)c(N2CC[C@H](N)C2)nc2c(C3=CCC=C3)cnn12. The van der Waals surface area contributed by atoms with Gasteiger partial charge in [0.15, 0.2) is 33.9 Å². The standard InChI is InChI=1S/2C16H19BrN6.C16H18BrN5.C16H19ClN6.C15H18BrN7.C15H17BrN6/c2*1-22-9-11(7-19-22)12-8-20-23-15(18)13(17)14(21-16(12)23)10-5-3-2-4-6-10;17-13-14(11-6-3-7-19-8-11)21-16-12(10-4-1-2-5-10)9-20-22(16)15(13)18;1-22-9-11(7-19-22)12-8-20-23-15(18)13(17)14(21-16(12)23)10-5-3-2-4-6-10;1-22-8-10(6-19-22)11-7-20-23-14(17)12(16)13(21-15(11)23)9-3-2-4-18-5-9;16-12-13(18)22-14(11(7-19-22)9-3-1-2-4-9)20-15(12)21-6-5-10(17)8-21/h2*7-10H,2-6,18H2,1H3;1,4-5,9,11,19H,2-3,6-8,18H2;7-10H,2-6,18H2,1H3;6-9,18H,2-5,17H2,1H3;1,3-4,7,10H,2,5-6,8,17-18H2/t;;;;;10-/m.....0/s1. The first-order chi connectivity index (χ1) is 66.0. The predicted octanol–water partition coefficient (Wildman–Crippen LogP) is 17.2. The number of hydrogen-bond acceptors (Lipinski definition) is 26. The molecule has 8 aliphatic rings. The van der Waals surface area contributed by atoms with Crippen LogP contribution in [0.3, 0.4) is 0 Å². The number of rotatable bonds is 12. The minimum absolute atomic E-state index is 0.191. The summed E-state index contributed by atoms with van der Waals surface area (Å²) in [5, 5.41) is 50.8. The fraction of sp³-hybridized carbons (Fsp3) is 0.404. The minimum atomic E-state index is 0.191. The minimum Gasteiger partial charge on any atom is -0.383 e. The Morgan fingerprint density at radius 1 is 0.331 bits per heavy atom. The monoisotopic (exact) mass is 2170 g/mol. The van der Waals surface area contributed by atoms with Crippen LogP contribution in [0.2, 0.25) is 5.02 Å². The third kappa shape index (κ3) is 18.9. The zero-order valence-electron chi connectivity index (χ0n) is 76.2. The number of aryl methyl sites for hydroxylation is 4. The maximum absolute atomic E-state index is 6.50. The van der Waals surface area contributed by atoms with Crippen LogP contribution in [0.15, 0.2) is 146 Å². The Morgan fingerprint density at radius 2 is 0.625 bits per heavy atom. The van der Waals surface area contributed by atoms with Crippen LogP contribution in [0.4, 0.5) is 40.7 Å². The van der Waals surface area contributed by atoms with Crippen LogP contribution in [0.1, 0.15) is 210 Å². The molecule has 2 unspecified atom stereocenters. The molecular formula is C94H110Br5ClN36. The van der Waals surface area contributed by atoms with E-state index in [-0.39, 0.29) is 6.04 Å². The second kappa shape index (κ2) is 40.8. The Hall–Kier alpha value is -11.3. The van der Waals surface area contributed by atoms with Gasteiger partial charge in [0.2, 0.25) is 0 Å². The summed E-state index contributed by atoms with van der Waals surface area (Å²) < 4.78 is 21.5. The van der Waals surface area contributed by atoms with Gasteiger partial charge in [-0.15, -0.1) is 0 Å². The summed E-state index contributed by atoms with van der Waals surface area (Å²) in [5.41, 5.74) is 65.8. The summed E-state index contributed by atoms with van der Waals surface area (Å²) in [6, 6.07) is 0.191. The van der Waals surface area contributed by atoms with E-state index in [9.17, 15) is 0 Å². The molecule has 19 heterocycles. The second-order valence-corrected chi connectivity index (χ2v) is 40.5. The van der Waals surface area contributed by atoms with Gasteiger partial charge in [-0.25, -0.2) is 29.9 Å². The van der Waals surface area contributed by atoms with E-state index in [0.29, 0.717) is 69.5 Å². The molecule has 3 atom stereocenters. The Balaban J connectivity index is 0.000000105. The molecule has 16 aromatic rings. The Morgan fingerprint density at radius 3 is 0.926 bits per heavy atom. The number of fused-ring (bicyclic) bond motifs is 6. The van der Waals surface area contributed by atoms with Crippen molar-refractivity contribution in [2.45, 2.75) is 177 Å². The van der Waals surface area contributed by atoms with E-state index in [1.165, 1.54) is 95.5 Å². The average molecular weight is 2180 g/mol. The molecule has 0 spiro atoms. The molecule has 0 amide bonds. The molecule has 0 aromatic carbocycles. The van der Waals surface area contributed by atoms with Crippen molar-refractivity contribution in [2.24, 2.45) is 33.9 Å². The number of hydrogen-bond donors (Lipinski definition) is 9. The summed E-state index contributed by atoms with van der Waals surface area (Å²) in [4.78, 5) is 31.6. The van der Waals surface area contributed by atoms with E-state index >= 15 is 0 Å². The lowest BCUT2D eigenvalue weighted by Gasteiger charge is -2.23. The van der Waals surface area contributed by atoms with Crippen molar-refractivity contribution in [1.29, 1.82) is 0 Å². The molecule has 16 aromatic heterocycles. The van der Waals surface area contributed by atoms with Crippen LogP contribution in [-0.2, 0) is 28.2 Å². The molecule has 136 heavy (non-hydrogen) atoms. The molecule has 708 valence electrons. The Labute approximate surface area is 831 Å². The lowest BCUT2D eigenvalue weighted by molar-refractivity contribution is 0.435. The highest BCUT2D eigenvalue weighted by atomic mass is 79.9. The van der Waals surface area contributed by atoms with Crippen LogP contribution in [0.25, 0.3) is 89.5 Å². The lowest BCUT2D eigenvalue weighted by atomic mass is 9.86. The van der Waals surface area contributed by atoms with Crippen LogP contribution in [0.5, 0.6) is 0 Å². The summed E-state index contributed by atoms with van der Waals surface area (Å²) in [6.07, 6.45) is 64.7. The highest BCUT2D eigenvalue weighted by Gasteiger charge is 2.33. The van der Waals surface area contributed by atoms with Crippen molar-refractivity contribution in [3.63, 3.8) is 0 Å². The van der Waals surface area contributed by atoms with Gasteiger partial charge in [-0.1, -0.05) is 106 Å². The van der Waals surface area contributed by atoms with Crippen LogP contribution in [0, 0.1) is 0 Å². The molecular weight excluding hydrogens is 2070 g/mol. The third-order valence-corrected chi connectivity index (χ3v) is 31.3. The average Bonchev–Trinajstić information content (AvgIpc) is 1.85. The van der Waals surface area contributed by atoms with E-state index in [1.807, 2.05) is 103 Å². The molecule has 0 bridgehead atoms. The zero-order valence-corrected chi connectivity index (χ0v) is 84.9. The van der Waals surface area contributed by atoms with Gasteiger partial charge >= 0.3 is 0 Å². The first-order valence-corrected chi connectivity index (χ1v) is 50.9. The number of aromatic nitrogens is 26. The van der Waals surface area contributed by atoms with Crippen molar-refractivity contribution in [2.75, 3.05) is 78.6 Å². The van der Waals surface area contributed by atoms with Crippen LogP contribution < -0.4 is 55.7 Å². The fourth-order valence-electron chi connectivity index (χ4n) is 19.7. The van der Waals surface area contributed by atoms with Gasteiger partial charge < -0.3 is 55.7 Å². The van der Waals surface area contributed by atoms with Gasteiger partial charge in [0.1, 0.15) is 50.2 Å². The maximum atomic E-state index is 6.50. The van der Waals surface area contributed by atoms with Gasteiger partial charge in [0.25, 0.3) is 0 Å². The van der Waals surface area contributed by atoms with Gasteiger partial charge in [0, 0.05) is 170 Å². The van der Waals surface area contributed by atoms with Crippen LogP contribution in [-0.4, -0.2) is 172 Å². The molecule has 6 fully saturated rings. The third-order valence-electron chi connectivity index (χ3n) is 26.9. The summed E-state index contributed by atoms with van der Waals surface area (Å²) >= 11 is 24.6. The molecule has 3 aliphatic heterocycles. The van der Waals surface area contributed by atoms with Gasteiger partial charge in [-0.3, -0.25) is 18.7 Å². The van der Waals surface area contributed by atoms with E-state index in [2.05, 4.69) is 183 Å². The predicted molar refractivity (Wildman–Crippen MR) is 552 cm³/mol. The molecule has 0 radical (unpaired) electrons. The second-order valence-electron chi connectivity index (χ2n) is 36.2. The van der Waals surface area contributed by atoms with E-state index < -0.39 is 0 Å². The van der Waals surface area contributed by atoms with Gasteiger partial charge in [0.05, 0.1) is 108 Å². The van der Waals surface area contributed by atoms with Crippen LogP contribution >= 0.6 is 91.3 Å². The normalized spacial score (nSPS) is 18.3. The number of nitrogen functional groups attached to an aromatic ring is 6. The highest BCUT2D eigenvalue weighted by molar-refractivity contribution is 9.11. The van der Waals surface area contributed by atoms with Gasteiger partial charge in [-0.2, -0.15) is 78.1 Å². The fourth-order valence-corrected chi connectivity index (χ4v) is 22.8. The topological polar surface area (TPSA) is 462 Å². The van der Waals surface area contributed by atoms with Crippen molar-refractivity contribution in [3.05, 3.63) is 190 Å². The number of allylic oxidation sites excluding steroid dienone is 8. The summed E-state index contributed by atoms with van der Waals surface area (Å²) in [5.74, 6) is 6.42. The molecule has 3 saturated heterocycles. The number of nitrogens with one attached hydrogen (secondary N) is 2. The number of nitrogens with two attached hydrogens (primary N) is 7.